The van der Waals surface area contributed by atoms with Crippen molar-refractivity contribution in [2.75, 3.05) is 13.7 Å². The summed E-state index contributed by atoms with van der Waals surface area (Å²) < 4.78 is 7.46. The Kier molecular flexibility index (Phi) is 5.59. The van der Waals surface area contributed by atoms with Gasteiger partial charge in [-0.05, 0) is 23.3 Å². The largest absolute Gasteiger partial charge is 0.375 e. The molecule has 128 valence electrons. The number of carbonyl (C=O) groups excluding carboxylic acids is 1. The summed E-state index contributed by atoms with van der Waals surface area (Å²) in [6.45, 7) is 1.16. The fourth-order valence-electron chi connectivity index (χ4n) is 2.65. The van der Waals surface area contributed by atoms with Crippen LogP contribution in [0.3, 0.4) is 0 Å². The van der Waals surface area contributed by atoms with Crippen molar-refractivity contribution in [2.45, 2.75) is 12.6 Å². The summed E-state index contributed by atoms with van der Waals surface area (Å²) in [4.78, 5) is 16.4. The molecule has 1 amide bonds. The fourth-order valence-corrected chi connectivity index (χ4v) is 2.65. The van der Waals surface area contributed by atoms with Gasteiger partial charge in [-0.3, -0.25) is 4.79 Å². The van der Waals surface area contributed by atoms with Gasteiger partial charge in [-0.25, -0.2) is 4.98 Å². The maximum Gasteiger partial charge on any atom is 0.251 e. The van der Waals surface area contributed by atoms with Gasteiger partial charge in [0.25, 0.3) is 5.91 Å². The summed E-state index contributed by atoms with van der Waals surface area (Å²) in [6, 6.07) is 17.5. The first kappa shape index (κ1) is 16.9. The lowest BCUT2D eigenvalue weighted by molar-refractivity contribution is 0.0828. The van der Waals surface area contributed by atoms with Crippen LogP contribution >= 0.6 is 0 Å². The standard InChI is InChI=1S/C20H21N3O2/c1-25-19(17-5-3-2-4-6-17)13-22-20(24)18-9-7-16(8-10-18)14-23-12-11-21-15-23/h2-12,15,19H,13-14H2,1H3,(H,22,24). The van der Waals surface area contributed by atoms with E-state index in [9.17, 15) is 4.79 Å². The molecule has 0 aliphatic carbocycles. The zero-order chi connectivity index (χ0) is 17.5. The molecule has 3 aromatic rings. The van der Waals surface area contributed by atoms with Gasteiger partial charge in [0, 0.05) is 38.2 Å². The molecule has 0 radical (unpaired) electrons. The Morgan fingerprint density at radius 1 is 1.16 bits per heavy atom. The van der Waals surface area contributed by atoms with Crippen molar-refractivity contribution in [1.29, 1.82) is 0 Å². The van der Waals surface area contributed by atoms with E-state index in [1.54, 1.807) is 19.6 Å². The molecular weight excluding hydrogens is 314 g/mol. The van der Waals surface area contributed by atoms with Crippen molar-refractivity contribution in [3.05, 3.63) is 90.0 Å². The first-order chi connectivity index (χ1) is 12.3. The van der Waals surface area contributed by atoms with Crippen molar-refractivity contribution >= 4 is 5.91 Å². The Balaban J connectivity index is 1.57. The molecule has 1 N–H and O–H groups in total. The van der Waals surface area contributed by atoms with Gasteiger partial charge >= 0.3 is 0 Å². The van der Waals surface area contributed by atoms with Crippen molar-refractivity contribution in [3.8, 4) is 0 Å². The van der Waals surface area contributed by atoms with Gasteiger partial charge in [-0.1, -0.05) is 42.5 Å². The topological polar surface area (TPSA) is 56.1 Å². The number of methoxy groups -OCH3 is 1. The van der Waals surface area contributed by atoms with E-state index in [1.165, 1.54) is 0 Å². The lowest BCUT2D eigenvalue weighted by Crippen LogP contribution is -2.29. The SMILES string of the molecule is COC(CNC(=O)c1ccc(Cn2ccnc2)cc1)c1ccccc1. The molecule has 25 heavy (non-hydrogen) atoms. The average molecular weight is 335 g/mol. The second-order valence-corrected chi connectivity index (χ2v) is 5.78. The van der Waals surface area contributed by atoms with Crippen LogP contribution in [0.1, 0.15) is 27.6 Å². The maximum absolute atomic E-state index is 12.3. The second-order valence-electron chi connectivity index (χ2n) is 5.78. The van der Waals surface area contributed by atoms with E-state index in [-0.39, 0.29) is 12.0 Å². The first-order valence-electron chi connectivity index (χ1n) is 8.17. The molecule has 0 bridgehead atoms. The minimum Gasteiger partial charge on any atom is -0.375 e. The number of nitrogens with zero attached hydrogens (tertiary/aromatic N) is 2. The molecule has 1 heterocycles. The summed E-state index contributed by atoms with van der Waals surface area (Å²) >= 11 is 0. The highest BCUT2D eigenvalue weighted by molar-refractivity contribution is 5.94. The average Bonchev–Trinajstić information content (AvgIpc) is 3.16. The zero-order valence-electron chi connectivity index (χ0n) is 14.1. The fraction of sp³-hybridized carbons (Fsp3) is 0.200. The van der Waals surface area contributed by atoms with E-state index in [0.29, 0.717) is 12.1 Å². The molecular formula is C20H21N3O2. The Bertz CT molecular complexity index is 784. The van der Waals surface area contributed by atoms with E-state index in [1.807, 2.05) is 65.4 Å². The summed E-state index contributed by atoms with van der Waals surface area (Å²) in [5.41, 5.74) is 2.80. The van der Waals surface area contributed by atoms with Crippen LogP contribution in [-0.4, -0.2) is 29.1 Å². The number of ether oxygens (including phenoxy) is 1. The summed E-state index contributed by atoms with van der Waals surface area (Å²) in [6.07, 6.45) is 5.27. The number of hydrogen-bond donors (Lipinski definition) is 1. The van der Waals surface area contributed by atoms with Crippen LogP contribution < -0.4 is 5.32 Å². The highest BCUT2D eigenvalue weighted by Crippen LogP contribution is 2.15. The Morgan fingerprint density at radius 2 is 1.92 bits per heavy atom. The molecule has 1 atom stereocenters. The molecule has 0 saturated carbocycles. The van der Waals surface area contributed by atoms with Gasteiger partial charge in [0.1, 0.15) is 0 Å². The number of hydrogen-bond acceptors (Lipinski definition) is 3. The molecule has 5 heteroatoms. The van der Waals surface area contributed by atoms with Crippen LogP contribution in [0.15, 0.2) is 73.3 Å². The maximum atomic E-state index is 12.3. The van der Waals surface area contributed by atoms with Gasteiger partial charge in [0.15, 0.2) is 0 Å². The Morgan fingerprint density at radius 3 is 2.56 bits per heavy atom. The molecule has 0 fully saturated rings. The lowest BCUT2D eigenvalue weighted by atomic mass is 10.1. The summed E-state index contributed by atoms with van der Waals surface area (Å²) in [5.74, 6) is -0.104. The molecule has 0 aliphatic heterocycles. The quantitative estimate of drug-likeness (QED) is 0.722. The predicted octanol–water partition coefficient (Wildman–Crippen LogP) is 3.05. The van der Waals surface area contributed by atoms with Crippen LogP contribution in [0.2, 0.25) is 0 Å². The van der Waals surface area contributed by atoms with E-state index in [4.69, 9.17) is 4.74 Å². The number of benzene rings is 2. The minimum atomic E-state index is -0.161. The number of rotatable bonds is 7. The smallest absolute Gasteiger partial charge is 0.251 e. The third-order valence-electron chi connectivity index (χ3n) is 4.04. The normalized spacial score (nSPS) is 11.9. The van der Waals surface area contributed by atoms with Crippen LogP contribution in [0.4, 0.5) is 0 Å². The molecule has 1 unspecified atom stereocenters. The van der Waals surface area contributed by atoms with Crippen LogP contribution in [0.25, 0.3) is 0 Å². The zero-order valence-corrected chi connectivity index (χ0v) is 14.1. The molecule has 0 saturated heterocycles. The number of imidazole rings is 1. The van der Waals surface area contributed by atoms with Gasteiger partial charge in [-0.15, -0.1) is 0 Å². The molecule has 0 spiro atoms. The van der Waals surface area contributed by atoms with Gasteiger partial charge < -0.3 is 14.6 Å². The molecule has 5 nitrogen and oxygen atoms in total. The molecule has 3 rings (SSSR count). The van der Waals surface area contributed by atoms with Crippen LogP contribution in [0.5, 0.6) is 0 Å². The monoisotopic (exact) mass is 335 g/mol. The van der Waals surface area contributed by atoms with Crippen molar-refractivity contribution in [3.63, 3.8) is 0 Å². The lowest BCUT2D eigenvalue weighted by Gasteiger charge is -2.16. The van der Waals surface area contributed by atoms with E-state index in [0.717, 1.165) is 17.7 Å². The second kappa shape index (κ2) is 8.26. The highest BCUT2D eigenvalue weighted by atomic mass is 16.5. The van der Waals surface area contributed by atoms with E-state index in [2.05, 4.69) is 10.3 Å². The third kappa shape index (κ3) is 4.55. The van der Waals surface area contributed by atoms with Gasteiger partial charge in [-0.2, -0.15) is 0 Å². The van der Waals surface area contributed by atoms with E-state index < -0.39 is 0 Å². The van der Waals surface area contributed by atoms with E-state index >= 15 is 0 Å². The number of aromatic nitrogens is 2. The Labute approximate surface area is 147 Å². The number of carbonyl (C=O) groups is 1. The Hall–Kier alpha value is -2.92. The number of amides is 1. The summed E-state index contributed by atoms with van der Waals surface area (Å²) in [7, 11) is 1.65. The number of nitrogens with one attached hydrogen (secondary N) is 1. The highest BCUT2D eigenvalue weighted by Gasteiger charge is 2.12. The van der Waals surface area contributed by atoms with Crippen LogP contribution in [0, 0.1) is 0 Å². The first-order valence-corrected chi connectivity index (χ1v) is 8.17. The third-order valence-corrected chi connectivity index (χ3v) is 4.04. The van der Waals surface area contributed by atoms with Crippen LogP contribution in [-0.2, 0) is 11.3 Å². The molecule has 2 aromatic carbocycles. The minimum absolute atomic E-state index is 0.104. The van der Waals surface area contributed by atoms with Gasteiger partial charge in [0.2, 0.25) is 0 Å². The van der Waals surface area contributed by atoms with Gasteiger partial charge in [0.05, 0.1) is 12.4 Å². The summed E-state index contributed by atoms with van der Waals surface area (Å²) in [5, 5.41) is 2.93. The molecule has 0 aliphatic rings. The predicted molar refractivity (Wildman–Crippen MR) is 96.3 cm³/mol. The van der Waals surface area contributed by atoms with Crippen molar-refractivity contribution in [1.82, 2.24) is 14.9 Å². The van der Waals surface area contributed by atoms with Crippen molar-refractivity contribution < 1.29 is 9.53 Å². The van der Waals surface area contributed by atoms with Crippen molar-refractivity contribution in [2.24, 2.45) is 0 Å². The molecule has 1 aromatic heterocycles.